The SMILES string of the molecule is CCNC(=NCc1cc2ccccc2[nH]1)NCC1(C)CCCS1. The second-order valence-corrected chi connectivity index (χ2v) is 8.01. The Bertz CT molecular complexity index is 637. The minimum Gasteiger partial charge on any atom is -0.357 e. The molecular formula is C18H26N4S. The molecule has 0 amide bonds. The summed E-state index contributed by atoms with van der Waals surface area (Å²) in [5.74, 6) is 2.18. The van der Waals surface area contributed by atoms with Crippen LogP contribution in [0.1, 0.15) is 32.4 Å². The summed E-state index contributed by atoms with van der Waals surface area (Å²) in [5.41, 5.74) is 2.32. The molecule has 4 nitrogen and oxygen atoms in total. The van der Waals surface area contributed by atoms with E-state index in [1.54, 1.807) is 0 Å². The highest BCUT2D eigenvalue weighted by atomic mass is 32.2. The van der Waals surface area contributed by atoms with Crippen LogP contribution in [0.3, 0.4) is 0 Å². The van der Waals surface area contributed by atoms with Gasteiger partial charge in [0, 0.05) is 29.0 Å². The third kappa shape index (κ3) is 4.22. The number of aliphatic imine (C=N–C) groups is 1. The monoisotopic (exact) mass is 330 g/mol. The van der Waals surface area contributed by atoms with E-state index in [1.165, 1.54) is 29.5 Å². The van der Waals surface area contributed by atoms with Gasteiger partial charge in [-0.1, -0.05) is 18.2 Å². The van der Waals surface area contributed by atoms with Crippen molar-refractivity contribution in [1.82, 2.24) is 15.6 Å². The van der Waals surface area contributed by atoms with Gasteiger partial charge in [0.15, 0.2) is 5.96 Å². The second kappa shape index (κ2) is 7.30. The maximum absolute atomic E-state index is 4.72. The van der Waals surface area contributed by atoms with Crippen LogP contribution < -0.4 is 10.6 Å². The average molecular weight is 331 g/mol. The summed E-state index contributed by atoms with van der Waals surface area (Å²) < 4.78 is 0.345. The molecule has 2 aromatic rings. The molecule has 2 heterocycles. The molecule has 0 spiro atoms. The van der Waals surface area contributed by atoms with Crippen LogP contribution in [-0.4, -0.2) is 34.5 Å². The van der Waals surface area contributed by atoms with Gasteiger partial charge in [-0.2, -0.15) is 11.8 Å². The van der Waals surface area contributed by atoms with Gasteiger partial charge in [-0.15, -0.1) is 0 Å². The Labute approximate surface area is 142 Å². The fourth-order valence-corrected chi connectivity index (χ4v) is 4.22. The molecule has 0 radical (unpaired) electrons. The van der Waals surface area contributed by atoms with Gasteiger partial charge in [0.1, 0.15) is 0 Å². The standard InChI is InChI=1S/C18H26N4S/c1-3-19-17(21-13-18(2)9-6-10-23-18)20-12-15-11-14-7-4-5-8-16(14)22-15/h4-5,7-8,11,22H,3,6,9-10,12-13H2,1-2H3,(H2,19,20,21). The molecular weight excluding hydrogens is 304 g/mol. The van der Waals surface area contributed by atoms with E-state index in [2.05, 4.69) is 71.6 Å². The molecule has 0 bridgehead atoms. The van der Waals surface area contributed by atoms with Crippen LogP contribution in [-0.2, 0) is 6.54 Å². The summed E-state index contributed by atoms with van der Waals surface area (Å²) in [4.78, 5) is 8.16. The van der Waals surface area contributed by atoms with Crippen molar-refractivity contribution in [1.29, 1.82) is 0 Å². The molecule has 1 atom stereocenters. The van der Waals surface area contributed by atoms with Crippen molar-refractivity contribution >= 4 is 28.6 Å². The molecule has 1 saturated heterocycles. The molecule has 23 heavy (non-hydrogen) atoms. The number of thioether (sulfide) groups is 1. The zero-order valence-corrected chi connectivity index (χ0v) is 14.8. The maximum atomic E-state index is 4.72. The van der Waals surface area contributed by atoms with Crippen LogP contribution >= 0.6 is 11.8 Å². The quantitative estimate of drug-likeness (QED) is 0.581. The first-order valence-electron chi connectivity index (χ1n) is 8.41. The van der Waals surface area contributed by atoms with Crippen molar-refractivity contribution in [2.75, 3.05) is 18.8 Å². The number of hydrogen-bond acceptors (Lipinski definition) is 2. The Kier molecular flexibility index (Phi) is 5.16. The summed E-state index contributed by atoms with van der Waals surface area (Å²) in [6, 6.07) is 10.5. The number of nitrogens with one attached hydrogen (secondary N) is 3. The first-order chi connectivity index (χ1) is 11.2. The lowest BCUT2D eigenvalue weighted by molar-refractivity contribution is 0.584. The first-order valence-corrected chi connectivity index (χ1v) is 9.40. The highest BCUT2D eigenvalue weighted by Crippen LogP contribution is 2.36. The zero-order chi connectivity index (χ0) is 16.1. The number of benzene rings is 1. The number of rotatable bonds is 5. The number of para-hydroxylation sites is 1. The highest BCUT2D eigenvalue weighted by molar-refractivity contribution is 8.00. The molecule has 1 fully saturated rings. The lowest BCUT2D eigenvalue weighted by Gasteiger charge is -2.24. The lowest BCUT2D eigenvalue weighted by atomic mass is 10.1. The Hall–Kier alpha value is -1.62. The third-order valence-corrected chi connectivity index (χ3v) is 5.81. The van der Waals surface area contributed by atoms with Gasteiger partial charge in [-0.25, -0.2) is 4.99 Å². The number of aromatic nitrogens is 1. The molecule has 0 aliphatic carbocycles. The number of fused-ring (bicyclic) bond motifs is 1. The van der Waals surface area contributed by atoms with Crippen LogP contribution in [0.25, 0.3) is 10.9 Å². The Morgan fingerprint density at radius 3 is 2.96 bits per heavy atom. The average Bonchev–Trinajstić information content (AvgIpc) is 3.16. The third-order valence-electron chi connectivity index (χ3n) is 4.27. The summed E-state index contributed by atoms with van der Waals surface area (Å²) in [5, 5.41) is 8.10. The van der Waals surface area contributed by atoms with Crippen LogP contribution in [0.5, 0.6) is 0 Å². The number of aromatic amines is 1. The van der Waals surface area contributed by atoms with E-state index in [-0.39, 0.29) is 0 Å². The fourth-order valence-electron chi connectivity index (χ4n) is 2.97. The second-order valence-electron chi connectivity index (χ2n) is 6.33. The van der Waals surface area contributed by atoms with Crippen molar-refractivity contribution in [3.8, 4) is 0 Å². The van der Waals surface area contributed by atoms with Gasteiger partial charge < -0.3 is 15.6 Å². The van der Waals surface area contributed by atoms with Gasteiger partial charge in [0.05, 0.1) is 6.54 Å². The minimum atomic E-state index is 0.345. The van der Waals surface area contributed by atoms with Gasteiger partial charge in [0.2, 0.25) is 0 Å². The van der Waals surface area contributed by atoms with Crippen LogP contribution in [0.4, 0.5) is 0 Å². The number of H-pyrrole nitrogens is 1. The number of guanidine groups is 1. The van der Waals surface area contributed by atoms with Crippen molar-refractivity contribution in [3.05, 3.63) is 36.0 Å². The molecule has 3 N–H and O–H groups in total. The van der Waals surface area contributed by atoms with Gasteiger partial charge >= 0.3 is 0 Å². The van der Waals surface area contributed by atoms with E-state index in [1.807, 2.05) is 0 Å². The largest absolute Gasteiger partial charge is 0.357 e. The van der Waals surface area contributed by atoms with E-state index < -0.39 is 0 Å². The summed E-state index contributed by atoms with van der Waals surface area (Å²) in [6.07, 6.45) is 2.61. The van der Waals surface area contributed by atoms with E-state index in [9.17, 15) is 0 Å². The molecule has 1 unspecified atom stereocenters. The predicted molar refractivity (Wildman–Crippen MR) is 101 cm³/mol. The highest BCUT2D eigenvalue weighted by Gasteiger charge is 2.29. The van der Waals surface area contributed by atoms with Crippen LogP contribution in [0, 0.1) is 0 Å². The van der Waals surface area contributed by atoms with Crippen molar-refractivity contribution in [2.45, 2.75) is 38.0 Å². The van der Waals surface area contributed by atoms with Crippen LogP contribution in [0.15, 0.2) is 35.3 Å². The Balaban J connectivity index is 1.63. The fraction of sp³-hybridized carbons (Fsp3) is 0.500. The van der Waals surface area contributed by atoms with Crippen LogP contribution in [0.2, 0.25) is 0 Å². The summed E-state index contributed by atoms with van der Waals surface area (Å²) >= 11 is 2.07. The van der Waals surface area contributed by atoms with Gasteiger partial charge in [-0.3, -0.25) is 0 Å². The molecule has 1 aliphatic heterocycles. The van der Waals surface area contributed by atoms with E-state index in [0.717, 1.165) is 24.7 Å². The van der Waals surface area contributed by atoms with E-state index >= 15 is 0 Å². The zero-order valence-electron chi connectivity index (χ0n) is 14.0. The van der Waals surface area contributed by atoms with Crippen molar-refractivity contribution < 1.29 is 0 Å². The summed E-state index contributed by atoms with van der Waals surface area (Å²) in [7, 11) is 0. The molecule has 1 aromatic heterocycles. The van der Waals surface area contributed by atoms with Gasteiger partial charge in [0.25, 0.3) is 0 Å². The Morgan fingerprint density at radius 2 is 2.22 bits per heavy atom. The maximum Gasteiger partial charge on any atom is 0.191 e. The molecule has 1 aliphatic rings. The summed E-state index contributed by atoms with van der Waals surface area (Å²) in [6.45, 7) is 6.96. The smallest absolute Gasteiger partial charge is 0.191 e. The molecule has 1 aromatic carbocycles. The van der Waals surface area contributed by atoms with E-state index in [4.69, 9.17) is 4.99 Å². The minimum absolute atomic E-state index is 0.345. The number of hydrogen-bond donors (Lipinski definition) is 3. The van der Waals surface area contributed by atoms with E-state index in [0.29, 0.717) is 11.3 Å². The number of nitrogens with zero attached hydrogens (tertiary/aromatic N) is 1. The predicted octanol–water partition coefficient (Wildman–Crippen LogP) is 3.51. The van der Waals surface area contributed by atoms with Crippen molar-refractivity contribution in [3.63, 3.8) is 0 Å². The normalized spacial score (nSPS) is 21.7. The molecule has 3 rings (SSSR count). The van der Waals surface area contributed by atoms with Crippen molar-refractivity contribution in [2.24, 2.45) is 4.99 Å². The molecule has 0 saturated carbocycles. The Morgan fingerprint density at radius 1 is 1.35 bits per heavy atom. The molecule has 5 heteroatoms. The van der Waals surface area contributed by atoms with Gasteiger partial charge in [-0.05, 0) is 50.0 Å². The topological polar surface area (TPSA) is 52.2 Å². The molecule has 124 valence electrons. The lowest BCUT2D eigenvalue weighted by Crippen LogP contribution is -2.43. The first kappa shape index (κ1) is 16.2.